The van der Waals surface area contributed by atoms with Gasteiger partial charge in [-0.05, 0) is 12.8 Å². The zero-order valence-electron chi connectivity index (χ0n) is 8.73. The first-order valence-electron chi connectivity index (χ1n) is 5.11. The van der Waals surface area contributed by atoms with Gasteiger partial charge in [0.2, 0.25) is 5.89 Å². The van der Waals surface area contributed by atoms with Crippen molar-refractivity contribution in [2.45, 2.75) is 32.4 Å². The number of nitrogens with one attached hydrogen (secondary N) is 1. The summed E-state index contributed by atoms with van der Waals surface area (Å²) < 4.78 is 16.0. The number of aromatic nitrogens is 2. The van der Waals surface area contributed by atoms with Gasteiger partial charge in [-0.15, -0.1) is 0 Å². The van der Waals surface area contributed by atoms with E-state index in [0.717, 1.165) is 24.3 Å². The predicted molar refractivity (Wildman–Crippen MR) is 56.8 cm³/mol. The van der Waals surface area contributed by atoms with E-state index in [-0.39, 0.29) is 0 Å². The molecule has 1 aromatic heterocycles. The van der Waals surface area contributed by atoms with Gasteiger partial charge in [0.15, 0.2) is 5.82 Å². The van der Waals surface area contributed by atoms with Crippen LogP contribution in [0.25, 0.3) is 0 Å². The SMILES string of the molecule is Cc1nc(CNC2CCS(=O)CC2)no1. The van der Waals surface area contributed by atoms with Crippen LogP contribution in [0.1, 0.15) is 24.6 Å². The highest BCUT2D eigenvalue weighted by Gasteiger charge is 2.17. The van der Waals surface area contributed by atoms with Crippen molar-refractivity contribution in [1.29, 1.82) is 0 Å². The highest BCUT2D eigenvalue weighted by molar-refractivity contribution is 7.85. The molecule has 2 rings (SSSR count). The molecule has 0 saturated carbocycles. The van der Waals surface area contributed by atoms with Gasteiger partial charge >= 0.3 is 0 Å². The summed E-state index contributed by atoms with van der Waals surface area (Å²) in [6.07, 6.45) is 1.95. The number of rotatable bonds is 3. The quantitative estimate of drug-likeness (QED) is 0.811. The van der Waals surface area contributed by atoms with E-state index in [4.69, 9.17) is 4.52 Å². The van der Waals surface area contributed by atoms with Crippen LogP contribution in [0.4, 0.5) is 0 Å². The van der Waals surface area contributed by atoms with Crippen LogP contribution in [0.5, 0.6) is 0 Å². The largest absolute Gasteiger partial charge is 0.340 e. The van der Waals surface area contributed by atoms with Gasteiger partial charge < -0.3 is 9.84 Å². The van der Waals surface area contributed by atoms with E-state index >= 15 is 0 Å². The molecule has 0 aliphatic carbocycles. The molecule has 15 heavy (non-hydrogen) atoms. The van der Waals surface area contributed by atoms with E-state index in [1.807, 2.05) is 0 Å². The van der Waals surface area contributed by atoms with E-state index in [1.165, 1.54) is 0 Å². The van der Waals surface area contributed by atoms with E-state index in [1.54, 1.807) is 6.92 Å². The third kappa shape index (κ3) is 3.10. The lowest BCUT2D eigenvalue weighted by molar-refractivity contribution is 0.381. The Hall–Kier alpha value is -0.750. The molecule has 0 radical (unpaired) electrons. The van der Waals surface area contributed by atoms with E-state index in [9.17, 15) is 4.21 Å². The minimum Gasteiger partial charge on any atom is -0.340 e. The second-order valence-electron chi connectivity index (χ2n) is 3.73. The normalized spacial score (nSPS) is 26.7. The van der Waals surface area contributed by atoms with Crippen LogP contribution in [0, 0.1) is 6.92 Å². The van der Waals surface area contributed by atoms with Gasteiger partial charge in [-0.3, -0.25) is 4.21 Å². The highest BCUT2D eigenvalue weighted by Crippen LogP contribution is 2.09. The van der Waals surface area contributed by atoms with Crippen molar-refractivity contribution in [2.75, 3.05) is 11.5 Å². The summed E-state index contributed by atoms with van der Waals surface area (Å²) in [7, 11) is -0.595. The molecule has 1 fully saturated rings. The Morgan fingerprint density at radius 3 is 2.87 bits per heavy atom. The summed E-state index contributed by atoms with van der Waals surface area (Å²) in [4.78, 5) is 4.11. The minimum absolute atomic E-state index is 0.446. The molecule has 1 aliphatic rings. The summed E-state index contributed by atoms with van der Waals surface area (Å²) in [5, 5.41) is 7.16. The maximum Gasteiger partial charge on any atom is 0.223 e. The number of hydrogen-bond donors (Lipinski definition) is 1. The Kier molecular flexibility index (Phi) is 3.48. The first kappa shape index (κ1) is 10.8. The third-order valence-corrected chi connectivity index (χ3v) is 3.89. The van der Waals surface area contributed by atoms with E-state index in [2.05, 4.69) is 15.5 Å². The maximum absolute atomic E-state index is 11.1. The Bertz CT molecular complexity index is 343. The van der Waals surface area contributed by atoms with E-state index < -0.39 is 10.8 Å². The predicted octanol–water partition coefficient (Wildman–Crippen LogP) is 0.379. The van der Waals surface area contributed by atoms with Crippen molar-refractivity contribution >= 4 is 10.8 Å². The lowest BCUT2D eigenvalue weighted by atomic mass is 10.1. The molecule has 1 aromatic rings. The van der Waals surface area contributed by atoms with Crippen molar-refractivity contribution in [3.63, 3.8) is 0 Å². The summed E-state index contributed by atoms with van der Waals surface area (Å²) in [6.45, 7) is 2.41. The molecule has 0 spiro atoms. The smallest absolute Gasteiger partial charge is 0.223 e. The standard InChI is InChI=1S/C9H15N3O2S/c1-7-11-9(12-14-7)6-10-8-2-4-15(13)5-3-8/h8,10H,2-6H2,1H3. The van der Waals surface area contributed by atoms with Crippen LogP contribution < -0.4 is 5.32 Å². The van der Waals surface area contributed by atoms with Gasteiger partial charge in [0.25, 0.3) is 0 Å². The fraction of sp³-hybridized carbons (Fsp3) is 0.778. The molecule has 0 atom stereocenters. The molecule has 0 amide bonds. The molecule has 5 nitrogen and oxygen atoms in total. The zero-order valence-corrected chi connectivity index (χ0v) is 9.55. The van der Waals surface area contributed by atoms with Crippen LogP contribution in [0.2, 0.25) is 0 Å². The van der Waals surface area contributed by atoms with Crippen molar-refractivity contribution in [3.05, 3.63) is 11.7 Å². The van der Waals surface area contributed by atoms with Crippen molar-refractivity contribution in [2.24, 2.45) is 0 Å². The average Bonchev–Trinajstić information content (AvgIpc) is 2.64. The summed E-state index contributed by atoms with van der Waals surface area (Å²) in [5.74, 6) is 2.90. The monoisotopic (exact) mass is 229 g/mol. The fourth-order valence-corrected chi connectivity index (χ4v) is 2.95. The molecule has 6 heteroatoms. The molecule has 1 saturated heterocycles. The Balaban J connectivity index is 1.76. The Morgan fingerprint density at radius 2 is 2.27 bits per heavy atom. The first-order chi connectivity index (χ1) is 7.24. The molecule has 0 aromatic carbocycles. The van der Waals surface area contributed by atoms with E-state index in [0.29, 0.717) is 24.3 Å². The van der Waals surface area contributed by atoms with Gasteiger partial charge in [0.05, 0.1) is 6.54 Å². The molecule has 0 unspecified atom stereocenters. The maximum atomic E-state index is 11.1. The fourth-order valence-electron chi connectivity index (χ4n) is 1.65. The van der Waals surface area contributed by atoms with Gasteiger partial charge in [-0.1, -0.05) is 5.16 Å². The van der Waals surface area contributed by atoms with Crippen molar-refractivity contribution in [3.8, 4) is 0 Å². The highest BCUT2D eigenvalue weighted by atomic mass is 32.2. The topological polar surface area (TPSA) is 68.0 Å². The third-order valence-electron chi connectivity index (χ3n) is 2.51. The molecular formula is C9H15N3O2S. The molecular weight excluding hydrogens is 214 g/mol. The van der Waals surface area contributed by atoms with Crippen LogP contribution in [-0.2, 0) is 17.3 Å². The number of aryl methyl sites for hydroxylation is 1. The van der Waals surface area contributed by atoms with Crippen LogP contribution in [0.3, 0.4) is 0 Å². The number of nitrogens with zero attached hydrogens (tertiary/aromatic N) is 2. The van der Waals surface area contributed by atoms with Crippen LogP contribution >= 0.6 is 0 Å². The van der Waals surface area contributed by atoms with Gasteiger partial charge in [0, 0.05) is 35.3 Å². The zero-order chi connectivity index (χ0) is 10.7. The van der Waals surface area contributed by atoms with Gasteiger partial charge in [-0.2, -0.15) is 4.98 Å². The molecule has 2 heterocycles. The number of hydrogen-bond acceptors (Lipinski definition) is 5. The van der Waals surface area contributed by atoms with Crippen molar-refractivity contribution < 1.29 is 8.73 Å². The summed E-state index contributed by atoms with van der Waals surface area (Å²) in [5.41, 5.74) is 0. The van der Waals surface area contributed by atoms with Crippen LogP contribution in [-0.4, -0.2) is 31.9 Å². The van der Waals surface area contributed by atoms with Gasteiger partial charge in [0.1, 0.15) is 0 Å². The molecule has 1 aliphatic heterocycles. The van der Waals surface area contributed by atoms with Crippen molar-refractivity contribution in [1.82, 2.24) is 15.5 Å². The first-order valence-corrected chi connectivity index (χ1v) is 6.60. The second kappa shape index (κ2) is 4.85. The molecule has 84 valence electrons. The summed E-state index contributed by atoms with van der Waals surface area (Å²) in [6, 6.07) is 0.446. The Morgan fingerprint density at radius 1 is 1.53 bits per heavy atom. The van der Waals surface area contributed by atoms with Gasteiger partial charge in [-0.25, -0.2) is 0 Å². The average molecular weight is 229 g/mol. The minimum atomic E-state index is -0.595. The molecule has 0 bridgehead atoms. The lowest BCUT2D eigenvalue weighted by Gasteiger charge is -2.21. The second-order valence-corrected chi connectivity index (χ2v) is 5.43. The molecule has 1 N–H and O–H groups in total. The lowest BCUT2D eigenvalue weighted by Crippen LogP contribution is -2.35. The summed E-state index contributed by atoms with van der Waals surface area (Å²) >= 11 is 0. The van der Waals surface area contributed by atoms with Crippen LogP contribution in [0.15, 0.2) is 4.52 Å². The Labute approximate surface area is 91.1 Å².